The molecular formula is C11H13NO4S. The van der Waals surface area contributed by atoms with Crippen LogP contribution >= 0.6 is 0 Å². The van der Waals surface area contributed by atoms with Crippen LogP contribution in [0.15, 0.2) is 36.4 Å². The van der Waals surface area contributed by atoms with E-state index in [1.165, 1.54) is 5.39 Å². The van der Waals surface area contributed by atoms with E-state index in [-0.39, 0.29) is 0 Å². The number of nitrogens with zero attached hydrogens (tertiary/aromatic N) is 1. The van der Waals surface area contributed by atoms with Gasteiger partial charge in [0.15, 0.2) is 0 Å². The maximum atomic E-state index is 9.33. The Hall–Kier alpha value is -1.50. The summed E-state index contributed by atoms with van der Waals surface area (Å²) in [5, 5.41) is 1.21. The van der Waals surface area contributed by atoms with Gasteiger partial charge < -0.3 is 0 Å². The molecule has 1 aromatic heterocycles. The van der Waals surface area contributed by atoms with Gasteiger partial charge in [-0.05, 0) is 19.1 Å². The molecule has 0 atom stereocenters. The van der Waals surface area contributed by atoms with Crippen LogP contribution in [0.1, 0.15) is 5.69 Å². The van der Waals surface area contributed by atoms with Gasteiger partial charge in [0.2, 0.25) is 0 Å². The van der Waals surface area contributed by atoms with Crippen molar-refractivity contribution in [3.05, 3.63) is 42.1 Å². The fraction of sp³-hybridized carbons (Fsp3) is 0.182. The lowest BCUT2D eigenvalue weighted by atomic mass is 10.2. The van der Waals surface area contributed by atoms with Crippen molar-refractivity contribution in [2.45, 2.75) is 6.92 Å². The van der Waals surface area contributed by atoms with Crippen LogP contribution in [-0.4, -0.2) is 25.1 Å². The molecule has 6 heteroatoms. The highest BCUT2D eigenvalue weighted by molar-refractivity contribution is 7.80. The minimum Gasteiger partial charge on any atom is -0.264 e. The molecule has 0 spiro atoms. The maximum absolute atomic E-state index is 9.33. The molecule has 0 fully saturated rings. The minimum atomic E-state index is -4.16. The van der Waals surface area contributed by atoms with E-state index in [0.29, 0.717) is 0 Å². The summed E-state index contributed by atoms with van der Waals surface area (Å²) in [6.45, 7) is 2.01. The summed E-state index contributed by atoms with van der Waals surface area (Å²) in [4.78, 5) is 4.38. The number of para-hydroxylation sites is 1. The van der Waals surface area contributed by atoms with Crippen LogP contribution in [0, 0.1) is 6.92 Å². The smallest absolute Gasteiger partial charge is 0.264 e. The zero-order valence-corrected chi connectivity index (χ0v) is 10.3. The second kappa shape index (κ2) is 5.72. The van der Waals surface area contributed by atoms with Gasteiger partial charge in [0.05, 0.1) is 12.6 Å². The normalized spacial score (nSPS) is 10.8. The van der Waals surface area contributed by atoms with E-state index in [9.17, 15) is 8.42 Å². The highest BCUT2D eigenvalue weighted by Gasteiger charge is 1.94. The Labute approximate surface area is 100 Å². The molecule has 0 unspecified atom stereocenters. The molecule has 1 aromatic carbocycles. The first kappa shape index (κ1) is 13.6. The molecule has 5 nitrogen and oxygen atoms in total. The number of hydrogen-bond donors (Lipinski definition) is 1. The molecule has 2 aromatic rings. The third-order valence-electron chi connectivity index (χ3n) is 1.95. The molecule has 0 saturated carbocycles. The minimum absolute atomic E-state index is 0.870. The summed E-state index contributed by atoms with van der Waals surface area (Å²) in [7, 11) is -3.29. The van der Waals surface area contributed by atoms with Crippen LogP contribution in [0.25, 0.3) is 10.9 Å². The first-order valence-electron chi connectivity index (χ1n) is 4.78. The Morgan fingerprint density at radius 3 is 2.35 bits per heavy atom. The Morgan fingerprint density at radius 1 is 1.18 bits per heavy atom. The summed E-state index contributed by atoms with van der Waals surface area (Å²) in [6.07, 6.45) is 0. The van der Waals surface area contributed by atoms with Crippen LogP contribution < -0.4 is 0 Å². The molecule has 1 heterocycles. The summed E-state index contributed by atoms with van der Waals surface area (Å²) < 4.78 is 29.7. The largest absolute Gasteiger partial charge is 0.397 e. The highest BCUT2D eigenvalue weighted by Crippen LogP contribution is 2.10. The van der Waals surface area contributed by atoms with Crippen LogP contribution in [0.4, 0.5) is 0 Å². The van der Waals surface area contributed by atoms with Crippen molar-refractivity contribution in [3.63, 3.8) is 0 Å². The lowest BCUT2D eigenvalue weighted by Crippen LogP contribution is -1.96. The third-order valence-corrected chi connectivity index (χ3v) is 2.37. The second-order valence-corrected chi connectivity index (χ2v) is 4.43. The fourth-order valence-corrected chi connectivity index (χ4v) is 1.17. The van der Waals surface area contributed by atoms with Gasteiger partial charge in [-0.25, -0.2) is 0 Å². The van der Waals surface area contributed by atoms with Crippen molar-refractivity contribution in [1.82, 2.24) is 4.98 Å². The van der Waals surface area contributed by atoms with Crippen LogP contribution in [0.5, 0.6) is 0 Å². The zero-order chi connectivity index (χ0) is 12.9. The second-order valence-electron chi connectivity index (χ2n) is 3.24. The molecule has 17 heavy (non-hydrogen) atoms. The molecule has 0 aliphatic carbocycles. The molecule has 0 bridgehead atoms. The monoisotopic (exact) mass is 255 g/mol. The van der Waals surface area contributed by atoms with Crippen molar-refractivity contribution < 1.29 is 17.2 Å². The first-order chi connectivity index (χ1) is 7.92. The van der Waals surface area contributed by atoms with Crippen molar-refractivity contribution in [2.75, 3.05) is 7.11 Å². The van der Waals surface area contributed by atoms with Gasteiger partial charge in [-0.15, -0.1) is 0 Å². The SMILES string of the molecule is COS(=O)(=O)O.Cc1ccc2ccccc2n1. The van der Waals surface area contributed by atoms with Gasteiger partial charge in [0, 0.05) is 11.1 Å². The standard InChI is InChI=1S/C10H9N.CH4O4S/c1-8-6-7-9-4-2-3-5-10(9)11-8;1-5-6(2,3)4/h2-7H,1H3;1H3,(H,2,3,4). The van der Waals surface area contributed by atoms with Gasteiger partial charge >= 0.3 is 10.4 Å². The molecule has 0 amide bonds. The van der Waals surface area contributed by atoms with Gasteiger partial charge in [0.25, 0.3) is 0 Å². The first-order valence-corrected chi connectivity index (χ1v) is 6.14. The average molecular weight is 255 g/mol. The predicted octanol–water partition coefficient (Wildman–Crippen LogP) is 1.98. The summed E-state index contributed by atoms with van der Waals surface area (Å²) in [5.41, 5.74) is 2.15. The zero-order valence-electron chi connectivity index (χ0n) is 9.49. The molecule has 2 rings (SSSR count). The number of fused-ring (bicyclic) bond motifs is 1. The number of pyridine rings is 1. The van der Waals surface area contributed by atoms with Gasteiger partial charge in [-0.3, -0.25) is 13.7 Å². The lowest BCUT2D eigenvalue weighted by Gasteiger charge is -1.95. The highest BCUT2D eigenvalue weighted by atomic mass is 32.3. The van der Waals surface area contributed by atoms with E-state index < -0.39 is 10.4 Å². The number of hydrogen-bond acceptors (Lipinski definition) is 4. The van der Waals surface area contributed by atoms with Gasteiger partial charge in [-0.2, -0.15) is 8.42 Å². The number of benzene rings is 1. The van der Waals surface area contributed by atoms with E-state index in [2.05, 4.69) is 21.3 Å². The van der Waals surface area contributed by atoms with Crippen molar-refractivity contribution in [2.24, 2.45) is 0 Å². The summed E-state index contributed by atoms with van der Waals surface area (Å²) in [5.74, 6) is 0. The molecule has 0 aliphatic rings. The number of rotatable bonds is 1. The van der Waals surface area contributed by atoms with Crippen LogP contribution in [0.3, 0.4) is 0 Å². The Bertz CT molecular complexity index is 595. The fourth-order valence-electron chi connectivity index (χ4n) is 1.17. The Morgan fingerprint density at radius 2 is 1.76 bits per heavy atom. The molecule has 92 valence electrons. The summed E-state index contributed by atoms with van der Waals surface area (Å²) in [6, 6.07) is 12.3. The molecule has 1 N–H and O–H groups in total. The van der Waals surface area contributed by atoms with E-state index in [1.807, 2.05) is 31.2 Å². The average Bonchev–Trinajstić information content (AvgIpc) is 2.29. The predicted molar refractivity (Wildman–Crippen MR) is 65.0 cm³/mol. The summed E-state index contributed by atoms with van der Waals surface area (Å²) >= 11 is 0. The van der Waals surface area contributed by atoms with Crippen LogP contribution in [0.2, 0.25) is 0 Å². The topological polar surface area (TPSA) is 76.5 Å². The molecular weight excluding hydrogens is 242 g/mol. The number of aryl methyl sites for hydroxylation is 1. The van der Waals surface area contributed by atoms with Gasteiger partial charge in [0.1, 0.15) is 0 Å². The van der Waals surface area contributed by atoms with Crippen molar-refractivity contribution in [1.29, 1.82) is 0 Å². The molecule has 0 radical (unpaired) electrons. The molecule has 0 aliphatic heterocycles. The molecule has 0 saturated heterocycles. The van der Waals surface area contributed by atoms with E-state index in [0.717, 1.165) is 18.3 Å². The van der Waals surface area contributed by atoms with E-state index in [1.54, 1.807) is 0 Å². The quantitative estimate of drug-likeness (QED) is 0.788. The van der Waals surface area contributed by atoms with Gasteiger partial charge in [-0.1, -0.05) is 24.3 Å². The van der Waals surface area contributed by atoms with E-state index in [4.69, 9.17) is 4.55 Å². The Kier molecular flexibility index (Phi) is 4.56. The van der Waals surface area contributed by atoms with E-state index >= 15 is 0 Å². The van der Waals surface area contributed by atoms with Crippen LogP contribution in [-0.2, 0) is 14.6 Å². The number of aromatic nitrogens is 1. The third kappa shape index (κ3) is 4.90. The lowest BCUT2D eigenvalue weighted by molar-refractivity contribution is 0.324. The van der Waals surface area contributed by atoms with Crippen molar-refractivity contribution >= 4 is 21.3 Å². The van der Waals surface area contributed by atoms with Crippen molar-refractivity contribution in [3.8, 4) is 0 Å². The maximum Gasteiger partial charge on any atom is 0.397 e. The Balaban J connectivity index is 0.000000209.